The van der Waals surface area contributed by atoms with Crippen LogP contribution in [0.15, 0.2) is 0 Å². The molecule has 0 aliphatic carbocycles. The molecule has 0 heterocycles. The molecule has 0 rings (SSSR count). The van der Waals surface area contributed by atoms with Gasteiger partial charge in [-0.1, -0.05) is 118 Å². The molecule has 0 aromatic heterocycles. The molecule has 0 spiro atoms. The summed E-state index contributed by atoms with van der Waals surface area (Å²) in [4.78, 5) is 0. The maximum absolute atomic E-state index is 6.18. The minimum Gasteiger partial charge on any atom is -0.381 e. The average Bonchev–Trinajstić information content (AvgIpc) is 2.76. The molecule has 0 radical (unpaired) electrons. The van der Waals surface area contributed by atoms with E-state index < -0.39 is 0 Å². The van der Waals surface area contributed by atoms with Gasteiger partial charge in [-0.15, -0.1) is 0 Å². The minimum atomic E-state index is 0.329. The van der Waals surface area contributed by atoms with E-state index in [4.69, 9.17) is 9.47 Å². The van der Waals surface area contributed by atoms with Crippen LogP contribution >= 0.6 is 0 Å². The summed E-state index contributed by atoms with van der Waals surface area (Å²) in [6, 6.07) is 0. The van der Waals surface area contributed by atoms with E-state index in [-0.39, 0.29) is 0 Å². The van der Waals surface area contributed by atoms with Gasteiger partial charge < -0.3 is 9.47 Å². The summed E-state index contributed by atoms with van der Waals surface area (Å²) in [5.41, 5.74) is 0.329. The Kier molecular flexibility index (Phi) is 23.5. The van der Waals surface area contributed by atoms with Crippen molar-refractivity contribution in [1.29, 1.82) is 0 Å². The first-order chi connectivity index (χ1) is 14.7. The molecule has 0 amide bonds. The smallest absolute Gasteiger partial charge is 0.0523 e. The fourth-order valence-electron chi connectivity index (χ4n) is 4.43. The van der Waals surface area contributed by atoms with E-state index in [0.717, 1.165) is 32.8 Å². The lowest BCUT2D eigenvalue weighted by Gasteiger charge is -2.32. The lowest BCUT2D eigenvalue weighted by atomic mass is 9.79. The monoisotopic (exact) mass is 426 g/mol. The van der Waals surface area contributed by atoms with Gasteiger partial charge in [-0.05, 0) is 37.5 Å². The number of unbranched alkanes of at least 4 members (excludes halogenated alkanes) is 13. The maximum Gasteiger partial charge on any atom is 0.0523 e. The summed E-state index contributed by atoms with van der Waals surface area (Å²) in [7, 11) is 0. The van der Waals surface area contributed by atoms with Crippen molar-refractivity contribution >= 4 is 0 Å². The van der Waals surface area contributed by atoms with E-state index in [9.17, 15) is 0 Å². The molecule has 0 N–H and O–H groups in total. The van der Waals surface area contributed by atoms with Crippen LogP contribution in [-0.2, 0) is 9.47 Å². The van der Waals surface area contributed by atoms with Gasteiger partial charge in [0.2, 0.25) is 0 Å². The highest BCUT2D eigenvalue weighted by Gasteiger charge is 2.27. The molecule has 1 atom stereocenters. The molecular weight excluding hydrogens is 368 g/mol. The highest BCUT2D eigenvalue weighted by Crippen LogP contribution is 2.33. The van der Waals surface area contributed by atoms with Crippen molar-refractivity contribution in [2.45, 2.75) is 150 Å². The van der Waals surface area contributed by atoms with Crippen LogP contribution in [0.1, 0.15) is 150 Å². The highest BCUT2D eigenvalue weighted by atomic mass is 16.5. The van der Waals surface area contributed by atoms with E-state index in [1.807, 2.05) is 0 Å². The summed E-state index contributed by atoms with van der Waals surface area (Å²) in [6.07, 6.45) is 25.3. The second-order valence-corrected chi connectivity index (χ2v) is 9.61. The molecule has 182 valence electrons. The van der Waals surface area contributed by atoms with E-state index >= 15 is 0 Å². The van der Waals surface area contributed by atoms with Gasteiger partial charge in [0, 0.05) is 19.8 Å². The SMILES string of the molecule is CCCCCCCCCCCOCC(CC)(CCC)CCOCCCCCCCC. The zero-order chi connectivity index (χ0) is 22.2. The van der Waals surface area contributed by atoms with Gasteiger partial charge in [0.25, 0.3) is 0 Å². The van der Waals surface area contributed by atoms with Crippen molar-refractivity contribution in [3.8, 4) is 0 Å². The molecule has 0 saturated heterocycles. The molecule has 0 saturated carbocycles. The largest absolute Gasteiger partial charge is 0.381 e. The number of hydrogen-bond donors (Lipinski definition) is 0. The van der Waals surface area contributed by atoms with Crippen LogP contribution in [0, 0.1) is 5.41 Å². The fourth-order valence-corrected chi connectivity index (χ4v) is 4.43. The molecule has 2 heteroatoms. The number of ether oxygens (including phenoxy) is 2. The molecule has 1 unspecified atom stereocenters. The third-order valence-electron chi connectivity index (χ3n) is 6.75. The first-order valence-corrected chi connectivity index (χ1v) is 13.9. The van der Waals surface area contributed by atoms with Crippen molar-refractivity contribution in [2.75, 3.05) is 26.4 Å². The first kappa shape index (κ1) is 29.9. The molecule has 0 aromatic carbocycles. The Morgan fingerprint density at radius 3 is 1.37 bits per heavy atom. The van der Waals surface area contributed by atoms with Gasteiger partial charge >= 0.3 is 0 Å². The van der Waals surface area contributed by atoms with Gasteiger partial charge in [0.05, 0.1) is 6.61 Å². The summed E-state index contributed by atoms with van der Waals surface area (Å²) < 4.78 is 12.2. The van der Waals surface area contributed by atoms with E-state index in [1.165, 1.54) is 116 Å². The molecule has 0 bridgehead atoms. The summed E-state index contributed by atoms with van der Waals surface area (Å²) in [5.74, 6) is 0. The Bertz CT molecular complexity index is 318. The van der Waals surface area contributed by atoms with Crippen molar-refractivity contribution in [1.82, 2.24) is 0 Å². The first-order valence-electron chi connectivity index (χ1n) is 13.9. The van der Waals surface area contributed by atoms with Crippen LogP contribution in [0.2, 0.25) is 0 Å². The third-order valence-corrected chi connectivity index (χ3v) is 6.75. The maximum atomic E-state index is 6.18. The van der Waals surface area contributed by atoms with Crippen LogP contribution in [0.4, 0.5) is 0 Å². The van der Waals surface area contributed by atoms with Crippen molar-refractivity contribution in [2.24, 2.45) is 5.41 Å². The Hall–Kier alpha value is -0.0800. The van der Waals surface area contributed by atoms with E-state index in [0.29, 0.717) is 5.41 Å². The second kappa shape index (κ2) is 23.6. The Morgan fingerprint density at radius 1 is 0.433 bits per heavy atom. The normalized spacial score (nSPS) is 13.6. The standard InChI is InChI=1S/C28H58O2/c1-5-9-11-13-15-16-17-19-21-25-30-27-28(8-4,22-7-3)23-26-29-24-20-18-14-12-10-6-2/h5-27H2,1-4H3. The highest BCUT2D eigenvalue weighted by molar-refractivity contribution is 4.77. The Morgan fingerprint density at radius 2 is 0.900 bits per heavy atom. The van der Waals surface area contributed by atoms with Gasteiger partial charge in [0.15, 0.2) is 0 Å². The zero-order valence-electron chi connectivity index (χ0n) is 21.6. The molecule has 2 nitrogen and oxygen atoms in total. The van der Waals surface area contributed by atoms with Crippen LogP contribution in [0.5, 0.6) is 0 Å². The van der Waals surface area contributed by atoms with Crippen LogP contribution in [-0.4, -0.2) is 26.4 Å². The predicted octanol–water partition coefficient (Wildman–Crippen LogP) is 9.50. The van der Waals surface area contributed by atoms with E-state index in [1.54, 1.807) is 0 Å². The van der Waals surface area contributed by atoms with Crippen LogP contribution in [0.3, 0.4) is 0 Å². The lowest BCUT2D eigenvalue weighted by Crippen LogP contribution is -2.28. The van der Waals surface area contributed by atoms with Gasteiger partial charge in [-0.25, -0.2) is 0 Å². The predicted molar refractivity (Wildman–Crippen MR) is 134 cm³/mol. The Labute approximate surface area is 191 Å². The Balaban J connectivity index is 3.77. The quantitative estimate of drug-likeness (QED) is 0.135. The second-order valence-electron chi connectivity index (χ2n) is 9.61. The van der Waals surface area contributed by atoms with E-state index in [2.05, 4.69) is 27.7 Å². The third kappa shape index (κ3) is 18.7. The molecule has 30 heavy (non-hydrogen) atoms. The number of hydrogen-bond acceptors (Lipinski definition) is 2. The van der Waals surface area contributed by atoms with Crippen molar-refractivity contribution in [3.63, 3.8) is 0 Å². The fraction of sp³-hybridized carbons (Fsp3) is 1.00. The molecular formula is C28H58O2. The van der Waals surface area contributed by atoms with Gasteiger partial charge in [-0.2, -0.15) is 0 Å². The minimum absolute atomic E-state index is 0.329. The summed E-state index contributed by atoms with van der Waals surface area (Å²) >= 11 is 0. The summed E-state index contributed by atoms with van der Waals surface area (Å²) in [6.45, 7) is 12.9. The molecule has 0 fully saturated rings. The lowest BCUT2D eigenvalue weighted by molar-refractivity contribution is 0.00541. The zero-order valence-corrected chi connectivity index (χ0v) is 21.6. The molecule has 0 aliphatic rings. The average molecular weight is 427 g/mol. The molecule has 0 aliphatic heterocycles. The molecule has 0 aromatic rings. The van der Waals surface area contributed by atoms with Gasteiger partial charge in [0.1, 0.15) is 0 Å². The van der Waals surface area contributed by atoms with Crippen LogP contribution < -0.4 is 0 Å². The van der Waals surface area contributed by atoms with Crippen LogP contribution in [0.25, 0.3) is 0 Å². The van der Waals surface area contributed by atoms with Gasteiger partial charge in [-0.3, -0.25) is 0 Å². The van der Waals surface area contributed by atoms with Crippen molar-refractivity contribution < 1.29 is 9.47 Å². The van der Waals surface area contributed by atoms with Crippen molar-refractivity contribution in [3.05, 3.63) is 0 Å². The summed E-state index contributed by atoms with van der Waals surface area (Å²) in [5, 5.41) is 0. The topological polar surface area (TPSA) is 18.5 Å². The number of rotatable bonds is 25.